The normalized spacial score (nSPS) is 13.2. The van der Waals surface area contributed by atoms with Crippen molar-refractivity contribution in [1.29, 1.82) is 0 Å². The van der Waals surface area contributed by atoms with Gasteiger partial charge in [0, 0.05) is 18.2 Å². The van der Waals surface area contributed by atoms with Crippen LogP contribution >= 0.6 is 11.8 Å². The van der Waals surface area contributed by atoms with E-state index < -0.39 is 11.4 Å². The molecule has 0 radical (unpaired) electrons. The lowest BCUT2D eigenvalue weighted by Gasteiger charge is -2.18. The van der Waals surface area contributed by atoms with Gasteiger partial charge in [0.1, 0.15) is 0 Å². The summed E-state index contributed by atoms with van der Waals surface area (Å²) >= 11 is 1.75. The third-order valence-corrected chi connectivity index (χ3v) is 3.50. The minimum atomic E-state index is -0.991. The average Bonchev–Trinajstić information content (AvgIpc) is 2.16. The summed E-state index contributed by atoms with van der Waals surface area (Å²) in [6.07, 6.45) is 2.95. The third-order valence-electron chi connectivity index (χ3n) is 2.46. The predicted molar refractivity (Wildman–Crippen MR) is 66.6 cm³/mol. The molecule has 0 fully saturated rings. The van der Waals surface area contributed by atoms with Crippen LogP contribution in [0.25, 0.3) is 0 Å². The third kappa shape index (κ3) is 6.00. The summed E-state index contributed by atoms with van der Waals surface area (Å²) in [4.78, 5) is 22.3. The maximum absolute atomic E-state index is 11.5. The van der Waals surface area contributed by atoms with Crippen LogP contribution in [0.4, 0.5) is 0 Å². The van der Waals surface area contributed by atoms with E-state index in [-0.39, 0.29) is 12.3 Å². The van der Waals surface area contributed by atoms with Crippen LogP contribution in [0.2, 0.25) is 0 Å². The lowest BCUT2D eigenvalue weighted by atomic mass is 9.89. The fourth-order valence-electron chi connectivity index (χ4n) is 1.07. The van der Waals surface area contributed by atoms with Gasteiger partial charge in [0.05, 0.1) is 5.41 Å². The number of carboxylic acids is 1. The standard InChI is InChI=1S/C11H21NO3S/c1-8(16-4)5-6-12-9(13)7-11(2,3)10(14)15/h8H,5-7H2,1-4H3,(H,12,13)(H,14,15). The van der Waals surface area contributed by atoms with E-state index in [9.17, 15) is 9.59 Å². The lowest BCUT2D eigenvalue weighted by Crippen LogP contribution is -2.34. The van der Waals surface area contributed by atoms with E-state index in [1.165, 1.54) is 0 Å². The van der Waals surface area contributed by atoms with E-state index in [1.807, 2.05) is 6.26 Å². The second kappa shape index (κ2) is 6.78. The van der Waals surface area contributed by atoms with Crippen molar-refractivity contribution in [2.24, 2.45) is 5.41 Å². The first-order valence-corrected chi connectivity index (χ1v) is 6.61. The number of aliphatic carboxylic acids is 1. The van der Waals surface area contributed by atoms with Crippen molar-refractivity contribution >= 4 is 23.6 Å². The Morgan fingerprint density at radius 2 is 2.00 bits per heavy atom. The Hall–Kier alpha value is -0.710. The largest absolute Gasteiger partial charge is 0.481 e. The number of hydrogen-bond donors (Lipinski definition) is 2. The van der Waals surface area contributed by atoms with Crippen LogP contribution < -0.4 is 5.32 Å². The molecule has 0 aromatic carbocycles. The number of amides is 1. The molecule has 1 amide bonds. The molecule has 0 aliphatic rings. The quantitative estimate of drug-likeness (QED) is 0.719. The highest BCUT2D eigenvalue weighted by Crippen LogP contribution is 2.20. The molecule has 5 heteroatoms. The molecule has 0 aliphatic carbocycles. The van der Waals surface area contributed by atoms with Gasteiger partial charge in [0.15, 0.2) is 0 Å². The van der Waals surface area contributed by atoms with Crippen LogP contribution in [0.3, 0.4) is 0 Å². The maximum atomic E-state index is 11.5. The van der Waals surface area contributed by atoms with Gasteiger partial charge in [-0.3, -0.25) is 9.59 Å². The molecule has 0 aromatic heterocycles. The van der Waals surface area contributed by atoms with E-state index in [2.05, 4.69) is 12.2 Å². The van der Waals surface area contributed by atoms with Crippen LogP contribution in [-0.2, 0) is 9.59 Å². The van der Waals surface area contributed by atoms with Crippen LogP contribution in [0.1, 0.15) is 33.6 Å². The summed E-state index contributed by atoms with van der Waals surface area (Å²) in [5, 5.41) is 12.1. The molecular weight excluding hydrogens is 226 g/mol. The first-order valence-electron chi connectivity index (χ1n) is 5.32. The zero-order valence-electron chi connectivity index (χ0n) is 10.4. The number of carboxylic acid groups (broad SMARTS) is 1. The van der Waals surface area contributed by atoms with E-state index in [1.54, 1.807) is 25.6 Å². The Morgan fingerprint density at radius 3 is 2.44 bits per heavy atom. The monoisotopic (exact) mass is 247 g/mol. The molecule has 16 heavy (non-hydrogen) atoms. The van der Waals surface area contributed by atoms with Gasteiger partial charge in [-0.1, -0.05) is 6.92 Å². The Kier molecular flexibility index (Phi) is 6.48. The van der Waals surface area contributed by atoms with Crippen molar-refractivity contribution in [3.05, 3.63) is 0 Å². The molecular formula is C11H21NO3S. The van der Waals surface area contributed by atoms with E-state index in [0.29, 0.717) is 11.8 Å². The summed E-state index contributed by atoms with van der Waals surface area (Å²) in [6, 6.07) is 0. The number of nitrogens with one attached hydrogen (secondary N) is 1. The molecule has 94 valence electrons. The van der Waals surface area contributed by atoms with Gasteiger partial charge >= 0.3 is 5.97 Å². The average molecular weight is 247 g/mol. The molecule has 0 rings (SSSR count). The minimum Gasteiger partial charge on any atom is -0.481 e. The van der Waals surface area contributed by atoms with E-state index in [4.69, 9.17) is 5.11 Å². The Balaban J connectivity index is 3.87. The number of hydrogen-bond acceptors (Lipinski definition) is 3. The second-order valence-corrected chi connectivity index (χ2v) is 5.83. The van der Waals surface area contributed by atoms with E-state index >= 15 is 0 Å². The molecule has 2 N–H and O–H groups in total. The molecule has 0 bridgehead atoms. The Labute approximate surface area is 101 Å². The zero-order chi connectivity index (χ0) is 12.8. The van der Waals surface area contributed by atoms with Crippen molar-refractivity contribution in [2.45, 2.75) is 38.9 Å². The summed E-state index contributed by atoms with van der Waals surface area (Å²) < 4.78 is 0. The molecule has 0 spiro atoms. The smallest absolute Gasteiger partial charge is 0.309 e. The molecule has 1 atom stereocenters. The van der Waals surface area contributed by atoms with Crippen molar-refractivity contribution in [3.63, 3.8) is 0 Å². The van der Waals surface area contributed by atoms with Gasteiger partial charge < -0.3 is 10.4 Å². The Morgan fingerprint density at radius 1 is 1.44 bits per heavy atom. The Bertz CT molecular complexity index is 254. The predicted octanol–water partition coefficient (Wildman–Crippen LogP) is 1.75. The van der Waals surface area contributed by atoms with Gasteiger partial charge in [-0.25, -0.2) is 0 Å². The van der Waals surface area contributed by atoms with Gasteiger partial charge in [-0.2, -0.15) is 11.8 Å². The fraction of sp³-hybridized carbons (Fsp3) is 0.818. The molecule has 0 saturated heterocycles. The molecule has 4 nitrogen and oxygen atoms in total. The van der Waals surface area contributed by atoms with Crippen molar-refractivity contribution in [2.75, 3.05) is 12.8 Å². The van der Waals surface area contributed by atoms with Crippen LogP contribution in [0, 0.1) is 5.41 Å². The summed E-state index contributed by atoms with van der Waals surface area (Å²) in [5.41, 5.74) is -0.991. The zero-order valence-corrected chi connectivity index (χ0v) is 11.2. The molecule has 0 heterocycles. The lowest BCUT2D eigenvalue weighted by molar-refractivity contribution is -0.149. The van der Waals surface area contributed by atoms with Crippen LogP contribution in [0.15, 0.2) is 0 Å². The topological polar surface area (TPSA) is 66.4 Å². The van der Waals surface area contributed by atoms with Crippen molar-refractivity contribution in [1.82, 2.24) is 5.32 Å². The number of thioether (sulfide) groups is 1. The fourth-order valence-corrected chi connectivity index (χ4v) is 1.43. The first-order chi connectivity index (χ1) is 7.29. The summed E-state index contributed by atoms with van der Waals surface area (Å²) in [5.74, 6) is -1.14. The van der Waals surface area contributed by atoms with Gasteiger partial charge in [-0.05, 0) is 26.5 Å². The SMILES string of the molecule is CSC(C)CCNC(=O)CC(C)(C)C(=O)O. The van der Waals surface area contributed by atoms with Crippen LogP contribution in [0.5, 0.6) is 0 Å². The van der Waals surface area contributed by atoms with E-state index in [0.717, 1.165) is 6.42 Å². The summed E-state index contributed by atoms with van der Waals surface area (Å²) in [6.45, 7) is 5.81. The van der Waals surface area contributed by atoms with Crippen molar-refractivity contribution < 1.29 is 14.7 Å². The molecule has 0 aromatic rings. The highest BCUT2D eigenvalue weighted by atomic mass is 32.2. The maximum Gasteiger partial charge on any atom is 0.309 e. The first kappa shape index (κ1) is 15.3. The number of carbonyl (C=O) groups is 2. The molecule has 0 aliphatic heterocycles. The number of rotatable bonds is 7. The van der Waals surface area contributed by atoms with Gasteiger partial charge in [-0.15, -0.1) is 0 Å². The second-order valence-electron chi connectivity index (χ2n) is 4.55. The minimum absolute atomic E-state index is 0.0238. The van der Waals surface area contributed by atoms with Crippen LogP contribution in [-0.4, -0.2) is 35.0 Å². The molecule has 1 unspecified atom stereocenters. The van der Waals surface area contributed by atoms with Gasteiger partial charge in [0.25, 0.3) is 0 Å². The number of carbonyl (C=O) groups excluding carboxylic acids is 1. The van der Waals surface area contributed by atoms with Crippen molar-refractivity contribution in [3.8, 4) is 0 Å². The highest BCUT2D eigenvalue weighted by molar-refractivity contribution is 7.99. The van der Waals surface area contributed by atoms with Gasteiger partial charge in [0.2, 0.25) is 5.91 Å². The molecule has 0 saturated carbocycles. The summed E-state index contributed by atoms with van der Waals surface area (Å²) in [7, 11) is 0. The highest BCUT2D eigenvalue weighted by Gasteiger charge is 2.29.